The Bertz CT molecular complexity index is 605. The molecule has 106 valence electrons. The highest BCUT2D eigenvalue weighted by Crippen LogP contribution is 2.29. The fourth-order valence-electron chi connectivity index (χ4n) is 2.39. The molecular formula is C17H21NO2. The average molecular weight is 271 g/mol. The zero-order chi connectivity index (χ0) is 14.0. The van der Waals surface area contributed by atoms with Gasteiger partial charge in [-0.2, -0.15) is 0 Å². The molecule has 2 aromatic carbocycles. The van der Waals surface area contributed by atoms with Crippen LogP contribution in [-0.2, 0) is 11.3 Å². The summed E-state index contributed by atoms with van der Waals surface area (Å²) in [7, 11) is 0. The fourth-order valence-corrected chi connectivity index (χ4v) is 2.39. The van der Waals surface area contributed by atoms with E-state index in [-0.39, 0.29) is 5.54 Å². The van der Waals surface area contributed by atoms with E-state index in [0.717, 1.165) is 24.5 Å². The van der Waals surface area contributed by atoms with Crippen LogP contribution >= 0.6 is 0 Å². The van der Waals surface area contributed by atoms with Gasteiger partial charge in [0.25, 0.3) is 0 Å². The van der Waals surface area contributed by atoms with Crippen LogP contribution in [0.4, 0.5) is 0 Å². The molecule has 1 saturated heterocycles. The van der Waals surface area contributed by atoms with Crippen molar-refractivity contribution in [3.63, 3.8) is 0 Å². The van der Waals surface area contributed by atoms with Gasteiger partial charge in [0.1, 0.15) is 5.75 Å². The number of hydrogen-bond acceptors (Lipinski definition) is 3. The summed E-state index contributed by atoms with van der Waals surface area (Å²) in [5.41, 5.74) is 1.32. The Kier molecular flexibility index (Phi) is 3.64. The lowest BCUT2D eigenvalue weighted by molar-refractivity contribution is 0.103. The van der Waals surface area contributed by atoms with Crippen LogP contribution in [0.15, 0.2) is 36.4 Å². The lowest BCUT2D eigenvalue weighted by atomic mass is 10.0. The van der Waals surface area contributed by atoms with Crippen LogP contribution in [0.1, 0.15) is 19.4 Å². The molecule has 0 aliphatic carbocycles. The topological polar surface area (TPSA) is 40.4 Å². The van der Waals surface area contributed by atoms with Crippen molar-refractivity contribution >= 4 is 10.8 Å². The van der Waals surface area contributed by atoms with Gasteiger partial charge in [-0.25, -0.2) is 0 Å². The molecule has 3 heteroatoms. The van der Waals surface area contributed by atoms with E-state index in [1.165, 1.54) is 10.8 Å². The Morgan fingerprint density at radius 3 is 2.75 bits per heavy atom. The first-order valence-corrected chi connectivity index (χ1v) is 7.18. The number of ether oxygens (including phenoxy) is 2. The summed E-state index contributed by atoms with van der Waals surface area (Å²) < 4.78 is 11.6. The van der Waals surface area contributed by atoms with Crippen molar-refractivity contribution in [3.05, 3.63) is 42.0 Å². The van der Waals surface area contributed by atoms with E-state index in [9.17, 15) is 0 Å². The normalized spacial score (nSPS) is 21.1. The highest BCUT2D eigenvalue weighted by atomic mass is 16.5. The maximum atomic E-state index is 5.90. The molecule has 0 amide bonds. The minimum Gasteiger partial charge on any atom is -0.493 e. The van der Waals surface area contributed by atoms with Crippen molar-refractivity contribution in [2.45, 2.75) is 26.0 Å². The van der Waals surface area contributed by atoms with Crippen LogP contribution in [0.5, 0.6) is 5.75 Å². The molecule has 1 aliphatic rings. The molecule has 1 heterocycles. The summed E-state index contributed by atoms with van der Waals surface area (Å²) in [6.07, 6.45) is 0. The predicted octanol–water partition coefficient (Wildman–Crippen LogP) is 3.12. The van der Waals surface area contributed by atoms with Crippen molar-refractivity contribution in [2.24, 2.45) is 0 Å². The minimum absolute atomic E-state index is 0.177. The summed E-state index contributed by atoms with van der Waals surface area (Å²) in [5, 5.41) is 5.76. The highest BCUT2D eigenvalue weighted by molar-refractivity contribution is 5.87. The van der Waals surface area contributed by atoms with Crippen molar-refractivity contribution < 1.29 is 9.47 Å². The molecule has 1 fully saturated rings. The Morgan fingerprint density at radius 1 is 1.20 bits per heavy atom. The van der Waals surface area contributed by atoms with E-state index in [1.54, 1.807) is 0 Å². The third kappa shape index (κ3) is 2.79. The lowest BCUT2D eigenvalue weighted by Gasteiger charge is -2.15. The van der Waals surface area contributed by atoms with Gasteiger partial charge < -0.3 is 14.8 Å². The maximum absolute atomic E-state index is 5.90. The highest BCUT2D eigenvalue weighted by Gasteiger charge is 2.36. The second-order valence-electron chi connectivity index (χ2n) is 5.60. The molecule has 1 aliphatic heterocycles. The van der Waals surface area contributed by atoms with Crippen LogP contribution in [0, 0.1) is 0 Å². The van der Waals surface area contributed by atoms with Crippen molar-refractivity contribution in [3.8, 4) is 5.75 Å². The zero-order valence-electron chi connectivity index (χ0n) is 12.1. The van der Waals surface area contributed by atoms with Gasteiger partial charge in [-0.05, 0) is 30.7 Å². The van der Waals surface area contributed by atoms with E-state index < -0.39 is 0 Å². The summed E-state index contributed by atoms with van der Waals surface area (Å²) in [6, 6.07) is 12.5. The second kappa shape index (κ2) is 5.43. The second-order valence-corrected chi connectivity index (χ2v) is 5.60. The maximum Gasteiger partial charge on any atom is 0.125 e. The van der Waals surface area contributed by atoms with E-state index in [4.69, 9.17) is 9.47 Å². The molecule has 0 bridgehead atoms. The van der Waals surface area contributed by atoms with Crippen molar-refractivity contribution in [1.29, 1.82) is 0 Å². The van der Waals surface area contributed by atoms with Crippen LogP contribution in [0.25, 0.3) is 10.8 Å². The Balaban J connectivity index is 1.86. The third-order valence-electron chi connectivity index (χ3n) is 3.74. The van der Waals surface area contributed by atoms with E-state index in [1.807, 2.05) is 13.0 Å². The molecule has 20 heavy (non-hydrogen) atoms. The summed E-state index contributed by atoms with van der Waals surface area (Å²) in [4.78, 5) is 0. The standard InChI is InChI=1S/C17H21NO2/c1-3-20-16-9-8-13-6-4-5-7-14(13)15(16)10-19-12-17(2)11-18-17/h4-9,18H,3,10-12H2,1-2H3. The van der Waals surface area contributed by atoms with Crippen molar-refractivity contribution in [1.82, 2.24) is 5.32 Å². The molecule has 1 atom stereocenters. The van der Waals surface area contributed by atoms with Gasteiger partial charge in [-0.1, -0.05) is 30.3 Å². The molecule has 0 spiro atoms. The quantitative estimate of drug-likeness (QED) is 0.821. The number of benzene rings is 2. The van der Waals surface area contributed by atoms with Crippen LogP contribution in [-0.4, -0.2) is 25.3 Å². The molecule has 2 aromatic rings. The third-order valence-corrected chi connectivity index (χ3v) is 3.74. The first-order chi connectivity index (χ1) is 9.72. The van der Waals surface area contributed by atoms with E-state index in [0.29, 0.717) is 13.2 Å². The van der Waals surface area contributed by atoms with E-state index >= 15 is 0 Å². The van der Waals surface area contributed by atoms with Crippen LogP contribution in [0.3, 0.4) is 0 Å². The Hall–Kier alpha value is -1.58. The number of nitrogens with one attached hydrogen (secondary N) is 1. The van der Waals surface area contributed by atoms with Gasteiger partial charge in [0.05, 0.1) is 25.4 Å². The SMILES string of the molecule is CCOc1ccc2ccccc2c1COCC1(C)CN1. The fraction of sp³-hybridized carbons (Fsp3) is 0.412. The average Bonchev–Trinajstić information content (AvgIpc) is 3.19. The van der Waals surface area contributed by atoms with Gasteiger partial charge in [0.2, 0.25) is 0 Å². The summed E-state index contributed by atoms with van der Waals surface area (Å²) >= 11 is 0. The van der Waals surface area contributed by atoms with Gasteiger partial charge in [0, 0.05) is 12.1 Å². The summed E-state index contributed by atoms with van der Waals surface area (Å²) in [5.74, 6) is 0.931. The van der Waals surface area contributed by atoms with Gasteiger partial charge in [0.15, 0.2) is 0 Å². The molecule has 0 aromatic heterocycles. The first kappa shape index (κ1) is 13.4. The minimum atomic E-state index is 0.177. The number of rotatable bonds is 6. The van der Waals surface area contributed by atoms with Crippen LogP contribution < -0.4 is 10.1 Å². The molecule has 3 rings (SSSR count). The largest absolute Gasteiger partial charge is 0.493 e. The number of hydrogen-bond donors (Lipinski definition) is 1. The predicted molar refractivity (Wildman–Crippen MR) is 81.2 cm³/mol. The molecule has 1 unspecified atom stereocenters. The van der Waals surface area contributed by atoms with E-state index in [2.05, 4.69) is 42.6 Å². The molecule has 3 nitrogen and oxygen atoms in total. The van der Waals surface area contributed by atoms with Gasteiger partial charge in [-0.3, -0.25) is 0 Å². The monoisotopic (exact) mass is 271 g/mol. The molecule has 0 saturated carbocycles. The molecular weight excluding hydrogens is 250 g/mol. The molecule has 1 N–H and O–H groups in total. The number of fused-ring (bicyclic) bond motifs is 1. The van der Waals surface area contributed by atoms with Gasteiger partial charge in [-0.15, -0.1) is 0 Å². The first-order valence-electron chi connectivity index (χ1n) is 7.18. The van der Waals surface area contributed by atoms with Crippen molar-refractivity contribution in [2.75, 3.05) is 19.8 Å². The smallest absolute Gasteiger partial charge is 0.125 e. The van der Waals surface area contributed by atoms with Gasteiger partial charge >= 0.3 is 0 Å². The Labute approximate surface area is 119 Å². The Morgan fingerprint density at radius 2 is 2.00 bits per heavy atom. The van der Waals surface area contributed by atoms with Crippen LogP contribution in [0.2, 0.25) is 0 Å². The zero-order valence-corrected chi connectivity index (χ0v) is 12.1. The lowest BCUT2D eigenvalue weighted by Crippen LogP contribution is -2.18. The molecule has 0 radical (unpaired) electrons. The summed E-state index contributed by atoms with van der Waals surface area (Å²) in [6.45, 7) is 7.23.